The Morgan fingerprint density at radius 1 is 1.38 bits per heavy atom. The first-order chi connectivity index (χ1) is 12.6. The molecule has 1 aliphatic heterocycles. The number of rotatable bonds is 4. The first-order valence-corrected chi connectivity index (χ1v) is 9.26. The molecular formula is C20H24ClN3O2. The number of nitrogens with one attached hydrogen (secondary N) is 1. The van der Waals surface area contributed by atoms with Crippen LogP contribution in [-0.4, -0.2) is 41.7 Å². The Morgan fingerprint density at radius 3 is 3.00 bits per heavy atom. The van der Waals surface area contributed by atoms with Crippen molar-refractivity contribution in [3.8, 4) is 0 Å². The normalized spacial score (nSPS) is 20.0. The Kier molecular flexibility index (Phi) is 6.12. The van der Waals surface area contributed by atoms with Crippen molar-refractivity contribution < 1.29 is 9.53 Å². The number of benzene rings is 1. The molecule has 1 fully saturated rings. The third kappa shape index (κ3) is 4.34. The van der Waals surface area contributed by atoms with Gasteiger partial charge in [0.2, 0.25) is 0 Å². The number of aryl methyl sites for hydroxylation is 1. The fourth-order valence-corrected chi connectivity index (χ4v) is 3.50. The number of hydrogen-bond acceptors (Lipinski definition) is 3. The molecule has 0 aliphatic carbocycles. The lowest BCUT2D eigenvalue weighted by molar-refractivity contribution is -0.0497. The van der Waals surface area contributed by atoms with Crippen LogP contribution in [0.4, 0.5) is 4.79 Å². The van der Waals surface area contributed by atoms with E-state index < -0.39 is 0 Å². The van der Waals surface area contributed by atoms with Gasteiger partial charge < -0.3 is 15.0 Å². The van der Waals surface area contributed by atoms with Crippen LogP contribution in [0.15, 0.2) is 42.6 Å². The lowest BCUT2D eigenvalue weighted by Gasteiger charge is -2.39. The number of morpholine rings is 1. The molecule has 1 saturated heterocycles. The van der Waals surface area contributed by atoms with E-state index >= 15 is 0 Å². The summed E-state index contributed by atoms with van der Waals surface area (Å²) in [6.07, 6.45) is 2.32. The van der Waals surface area contributed by atoms with E-state index in [0.717, 1.165) is 23.2 Å². The number of carbonyl (C=O) groups is 1. The second-order valence-corrected chi connectivity index (χ2v) is 6.97. The van der Waals surface area contributed by atoms with Crippen molar-refractivity contribution in [1.82, 2.24) is 15.2 Å². The minimum Gasteiger partial charge on any atom is -0.370 e. The third-order valence-corrected chi connectivity index (χ3v) is 4.99. The second-order valence-electron chi connectivity index (χ2n) is 6.53. The van der Waals surface area contributed by atoms with Crippen LogP contribution in [0.3, 0.4) is 0 Å². The van der Waals surface area contributed by atoms with Crippen molar-refractivity contribution in [2.45, 2.75) is 32.4 Å². The maximum Gasteiger partial charge on any atom is 0.317 e. The highest BCUT2D eigenvalue weighted by Gasteiger charge is 2.32. The van der Waals surface area contributed by atoms with Gasteiger partial charge in [-0.3, -0.25) is 4.98 Å². The lowest BCUT2D eigenvalue weighted by atomic mass is 10.0. The summed E-state index contributed by atoms with van der Waals surface area (Å²) in [6.45, 7) is 5.68. The first-order valence-electron chi connectivity index (χ1n) is 8.88. The van der Waals surface area contributed by atoms with Crippen molar-refractivity contribution in [3.63, 3.8) is 0 Å². The standard InChI is InChI=1S/C20H24ClN3O2/c1-14-5-4-9-22-18(14)8-10-23-20(25)24-11-12-26-19(15(24)2)16-6-3-7-17(21)13-16/h3-7,9,13,15,19H,8,10-12H2,1-2H3,(H,23,25)/t15-,19+/m1/s1. The molecule has 1 aliphatic rings. The molecule has 3 rings (SSSR count). The van der Waals surface area contributed by atoms with Gasteiger partial charge >= 0.3 is 6.03 Å². The summed E-state index contributed by atoms with van der Waals surface area (Å²) in [5, 5.41) is 3.68. The van der Waals surface area contributed by atoms with Crippen LogP contribution in [0, 0.1) is 6.92 Å². The number of halogens is 1. The fourth-order valence-electron chi connectivity index (χ4n) is 3.30. The summed E-state index contributed by atoms with van der Waals surface area (Å²) < 4.78 is 5.91. The number of ether oxygens (including phenoxy) is 1. The number of urea groups is 1. The molecule has 1 aromatic heterocycles. The van der Waals surface area contributed by atoms with E-state index in [4.69, 9.17) is 16.3 Å². The predicted molar refractivity (Wildman–Crippen MR) is 102 cm³/mol. The molecule has 0 radical (unpaired) electrons. The molecule has 0 saturated carbocycles. The van der Waals surface area contributed by atoms with Crippen molar-refractivity contribution in [3.05, 3.63) is 64.4 Å². The Morgan fingerprint density at radius 2 is 2.23 bits per heavy atom. The highest BCUT2D eigenvalue weighted by atomic mass is 35.5. The number of nitrogens with zero attached hydrogens (tertiary/aromatic N) is 2. The van der Waals surface area contributed by atoms with E-state index in [1.54, 1.807) is 6.20 Å². The molecule has 2 atom stereocenters. The molecule has 26 heavy (non-hydrogen) atoms. The summed E-state index contributed by atoms with van der Waals surface area (Å²) in [5.41, 5.74) is 3.15. The van der Waals surface area contributed by atoms with Crippen molar-refractivity contribution >= 4 is 17.6 Å². The van der Waals surface area contributed by atoms with Crippen LogP contribution < -0.4 is 5.32 Å². The van der Waals surface area contributed by atoms with Crippen molar-refractivity contribution in [1.29, 1.82) is 0 Å². The van der Waals surface area contributed by atoms with E-state index in [9.17, 15) is 4.79 Å². The Balaban J connectivity index is 1.59. The summed E-state index contributed by atoms with van der Waals surface area (Å²) in [6, 6.07) is 11.4. The molecule has 1 N–H and O–H groups in total. The molecule has 5 nitrogen and oxygen atoms in total. The molecule has 1 aromatic carbocycles. The highest BCUT2D eigenvalue weighted by Crippen LogP contribution is 2.29. The number of aromatic nitrogens is 1. The summed E-state index contributed by atoms with van der Waals surface area (Å²) in [5.74, 6) is 0. The predicted octanol–water partition coefficient (Wildman–Crippen LogP) is 3.76. The zero-order chi connectivity index (χ0) is 18.5. The molecule has 2 amide bonds. The van der Waals surface area contributed by atoms with Crippen LogP contribution in [0.2, 0.25) is 5.02 Å². The first kappa shape index (κ1) is 18.7. The maximum absolute atomic E-state index is 12.6. The van der Waals surface area contributed by atoms with Gasteiger partial charge in [0.25, 0.3) is 0 Å². The summed E-state index contributed by atoms with van der Waals surface area (Å²) in [4.78, 5) is 18.8. The fraction of sp³-hybridized carbons (Fsp3) is 0.400. The number of pyridine rings is 1. The molecular weight excluding hydrogens is 350 g/mol. The van der Waals surface area contributed by atoms with E-state index in [2.05, 4.69) is 10.3 Å². The molecule has 0 unspecified atom stereocenters. The molecule has 0 bridgehead atoms. The average molecular weight is 374 g/mol. The van der Waals surface area contributed by atoms with Gasteiger partial charge in [0.1, 0.15) is 6.10 Å². The second kappa shape index (κ2) is 8.52. The summed E-state index contributed by atoms with van der Waals surface area (Å²) >= 11 is 6.10. The smallest absolute Gasteiger partial charge is 0.317 e. The molecule has 2 heterocycles. The highest BCUT2D eigenvalue weighted by molar-refractivity contribution is 6.30. The van der Waals surface area contributed by atoms with Crippen LogP contribution in [-0.2, 0) is 11.2 Å². The third-order valence-electron chi connectivity index (χ3n) is 4.75. The van der Waals surface area contributed by atoms with Crippen LogP contribution in [0.5, 0.6) is 0 Å². The maximum atomic E-state index is 12.6. The number of carbonyl (C=O) groups excluding carboxylic acids is 1. The summed E-state index contributed by atoms with van der Waals surface area (Å²) in [7, 11) is 0. The van der Waals surface area contributed by atoms with Gasteiger partial charge in [-0.25, -0.2) is 4.79 Å². The van der Waals surface area contributed by atoms with Gasteiger partial charge in [-0.2, -0.15) is 0 Å². The van der Waals surface area contributed by atoms with Gasteiger partial charge in [-0.15, -0.1) is 0 Å². The van der Waals surface area contributed by atoms with E-state index in [0.29, 0.717) is 24.7 Å². The van der Waals surface area contributed by atoms with Gasteiger partial charge in [0.15, 0.2) is 0 Å². The Bertz CT molecular complexity index is 768. The van der Waals surface area contributed by atoms with E-state index in [-0.39, 0.29) is 18.2 Å². The van der Waals surface area contributed by atoms with E-state index in [1.165, 1.54) is 0 Å². The van der Waals surface area contributed by atoms with Crippen LogP contribution >= 0.6 is 11.6 Å². The van der Waals surface area contributed by atoms with Gasteiger partial charge in [-0.05, 0) is 43.2 Å². The zero-order valence-electron chi connectivity index (χ0n) is 15.1. The average Bonchev–Trinajstić information content (AvgIpc) is 2.63. The molecule has 138 valence electrons. The van der Waals surface area contributed by atoms with E-state index in [1.807, 2.05) is 55.1 Å². The number of amides is 2. The van der Waals surface area contributed by atoms with Gasteiger partial charge in [-0.1, -0.05) is 29.8 Å². The lowest BCUT2D eigenvalue weighted by Crippen LogP contribution is -2.52. The zero-order valence-corrected chi connectivity index (χ0v) is 15.9. The SMILES string of the molecule is Cc1cccnc1CCNC(=O)N1CCO[C@H](c2cccc(Cl)c2)[C@H]1C. The molecule has 0 spiro atoms. The monoisotopic (exact) mass is 373 g/mol. The number of hydrogen-bond donors (Lipinski definition) is 1. The van der Waals surface area contributed by atoms with Gasteiger partial charge in [0, 0.05) is 36.4 Å². The van der Waals surface area contributed by atoms with Crippen LogP contribution in [0.1, 0.15) is 29.8 Å². The van der Waals surface area contributed by atoms with Crippen molar-refractivity contribution in [2.24, 2.45) is 0 Å². The molecule has 2 aromatic rings. The largest absolute Gasteiger partial charge is 0.370 e. The topological polar surface area (TPSA) is 54.5 Å². The molecule has 6 heteroatoms. The quantitative estimate of drug-likeness (QED) is 0.887. The van der Waals surface area contributed by atoms with Gasteiger partial charge in [0.05, 0.1) is 12.6 Å². The Hall–Kier alpha value is -2.11. The minimum absolute atomic E-state index is 0.0681. The Labute approximate surface area is 159 Å². The van der Waals surface area contributed by atoms with Crippen LogP contribution in [0.25, 0.3) is 0 Å². The van der Waals surface area contributed by atoms with Crippen molar-refractivity contribution in [2.75, 3.05) is 19.7 Å². The minimum atomic E-state index is -0.175.